The first kappa shape index (κ1) is 12.7. The van der Waals surface area contributed by atoms with Gasteiger partial charge < -0.3 is 0 Å². The number of thioether (sulfide) groups is 1. The van der Waals surface area contributed by atoms with Gasteiger partial charge in [-0.2, -0.15) is 11.8 Å². The van der Waals surface area contributed by atoms with Gasteiger partial charge in [0.2, 0.25) is 0 Å². The van der Waals surface area contributed by atoms with E-state index in [2.05, 4.69) is 35.5 Å². The smallest absolute Gasteiger partial charge is 0.183 e. The molecule has 0 N–H and O–H groups in total. The molecule has 1 fully saturated rings. The molecule has 0 bridgehead atoms. The van der Waals surface area contributed by atoms with E-state index in [1.54, 1.807) is 11.3 Å². The fourth-order valence-electron chi connectivity index (χ4n) is 1.80. The summed E-state index contributed by atoms with van der Waals surface area (Å²) >= 11 is 9.52. The van der Waals surface area contributed by atoms with Crippen molar-refractivity contribution < 1.29 is 0 Å². The Labute approximate surface area is 110 Å². The van der Waals surface area contributed by atoms with Gasteiger partial charge in [0.25, 0.3) is 0 Å². The van der Waals surface area contributed by atoms with Gasteiger partial charge >= 0.3 is 0 Å². The summed E-state index contributed by atoms with van der Waals surface area (Å²) in [6.45, 7) is 8.02. The van der Waals surface area contributed by atoms with E-state index in [1.807, 2.05) is 6.20 Å². The highest BCUT2D eigenvalue weighted by Crippen LogP contribution is 2.31. The molecule has 2 heterocycles. The van der Waals surface area contributed by atoms with E-state index in [9.17, 15) is 0 Å². The van der Waals surface area contributed by atoms with E-state index < -0.39 is 0 Å². The Kier molecular flexibility index (Phi) is 4.16. The highest BCUT2D eigenvalue weighted by atomic mass is 35.5. The minimum atomic E-state index is 0.431. The molecule has 1 saturated heterocycles. The zero-order valence-electron chi connectivity index (χ0n) is 9.70. The predicted molar refractivity (Wildman–Crippen MR) is 73.6 cm³/mol. The number of aromatic nitrogens is 1. The van der Waals surface area contributed by atoms with Gasteiger partial charge in [0.05, 0.1) is 0 Å². The second kappa shape index (κ2) is 5.25. The van der Waals surface area contributed by atoms with E-state index in [4.69, 9.17) is 11.6 Å². The Balaban J connectivity index is 1.91. The molecule has 2 nitrogen and oxygen atoms in total. The molecule has 90 valence electrons. The van der Waals surface area contributed by atoms with Crippen molar-refractivity contribution >= 4 is 34.7 Å². The number of nitrogens with zero attached hydrogens (tertiary/aromatic N) is 2. The monoisotopic (exact) mass is 276 g/mol. The number of rotatable bonds is 2. The molecule has 1 aliphatic heterocycles. The first-order valence-electron chi connectivity index (χ1n) is 5.52. The molecule has 0 aromatic carbocycles. The van der Waals surface area contributed by atoms with Gasteiger partial charge in [-0.15, -0.1) is 11.3 Å². The van der Waals surface area contributed by atoms with Crippen LogP contribution in [0.3, 0.4) is 0 Å². The Morgan fingerprint density at radius 2 is 2.31 bits per heavy atom. The first-order chi connectivity index (χ1) is 7.55. The van der Waals surface area contributed by atoms with Crippen molar-refractivity contribution in [2.24, 2.45) is 0 Å². The lowest BCUT2D eigenvalue weighted by atomic mass is 10.1. The van der Waals surface area contributed by atoms with E-state index in [0.29, 0.717) is 9.21 Å². The van der Waals surface area contributed by atoms with Crippen LogP contribution in [0.4, 0.5) is 0 Å². The Morgan fingerprint density at radius 3 is 3.00 bits per heavy atom. The van der Waals surface area contributed by atoms with Gasteiger partial charge in [0.15, 0.2) is 4.47 Å². The second-order valence-electron chi connectivity index (χ2n) is 4.71. The third-order valence-corrected chi connectivity index (χ3v) is 5.31. The fourth-order valence-corrected chi connectivity index (χ4v) is 3.96. The summed E-state index contributed by atoms with van der Waals surface area (Å²) in [5.74, 6) is 1.22. The molecule has 0 saturated carbocycles. The minimum Gasteiger partial charge on any atom is -0.297 e. The lowest BCUT2D eigenvalue weighted by Crippen LogP contribution is -2.26. The van der Waals surface area contributed by atoms with Crippen molar-refractivity contribution in [3.63, 3.8) is 0 Å². The largest absolute Gasteiger partial charge is 0.297 e. The van der Waals surface area contributed by atoms with E-state index in [1.165, 1.54) is 30.1 Å². The third-order valence-electron chi connectivity index (χ3n) is 2.84. The van der Waals surface area contributed by atoms with Gasteiger partial charge in [0, 0.05) is 34.7 Å². The van der Waals surface area contributed by atoms with Crippen LogP contribution < -0.4 is 0 Å². The van der Waals surface area contributed by atoms with Crippen LogP contribution in [-0.2, 0) is 6.54 Å². The average Bonchev–Trinajstić information content (AvgIpc) is 2.52. The van der Waals surface area contributed by atoms with Crippen LogP contribution in [-0.4, -0.2) is 33.5 Å². The first-order valence-corrected chi connectivity index (χ1v) is 7.70. The molecule has 5 heteroatoms. The van der Waals surface area contributed by atoms with E-state index in [0.717, 1.165) is 6.54 Å². The molecule has 0 radical (unpaired) electrons. The van der Waals surface area contributed by atoms with Crippen molar-refractivity contribution in [1.82, 2.24) is 9.88 Å². The van der Waals surface area contributed by atoms with Crippen LogP contribution in [0, 0.1) is 0 Å². The van der Waals surface area contributed by atoms with Gasteiger partial charge in [0.1, 0.15) is 0 Å². The van der Waals surface area contributed by atoms with Gasteiger partial charge in [-0.05, 0) is 13.0 Å². The topological polar surface area (TPSA) is 16.1 Å². The van der Waals surface area contributed by atoms with Crippen molar-refractivity contribution in [3.8, 4) is 0 Å². The number of hydrogen-bond donors (Lipinski definition) is 0. The Bertz CT molecular complexity index is 352. The third kappa shape index (κ3) is 3.62. The zero-order valence-corrected chi connectivity index (χ0v) is 12.1. The zero-order chi connectivity index (χ0) is 11.6. The van der Waals surface area contributed by atoms with Gasteiger partial charge in [-0.3, -0.25) is 4.90 Å². The summed E-state index contributed by atoms with van der Waals surface area (Å²) in [5, 5.41) is 0. The molecule has 0 aliphatic carbocycles. The van der Waals surface area contributed by atoms with Gasteiger partial charge in [-0.25, -0.2) is 4.98 Å². The summed E-state index contributed by atoms with van der Waals surface area (Å²) in [5.41, 5.74) is 0. The highest BCUT2D eigenvalue weighted by Gasteiger charge is 2.23. The molecule has 0 spiro atoms. The molecule has 16 heavy (non-hydrogen) atoms. The van der Waals surface area contributed by atoms with E-state index in [-0.39, 0.29) is 0 Å². The predicted octanol–water partition coefficient (Wildman–Crippen LogP) is 3.51. The average molecular weight is 277 g/mol. The maximum absolute atomic E-state index is 5.84. The van der Waals surface area contributed by atoms with Crippen molar-refractivity contribution in [2.75, 3.05) is 18.8 Å². The van der Waals surface area contributed by atoms with Crippen LogP contribution in [0.15, 0.2) is 6.20 Å². The van der Waals surface area contributed by atoms with Crippen LogP contribution >= 0.6 is 34.7 Å². The van der Waals surface area contributed by atoms with Crippen LogP contribution in [0.25, 0.3) is 0 Å². The number of hydrogen-bond acceptors (Lipinski definition) is 4. The lowest BCUT2D eigenvalue weighted by Gasteiger charge is -2.22. The van der Waals surface area contributed by atoms with Crippen molar-refractivity contribution in [3.05, 3.63) is 15.5 Å². The molecular formula is C11H17ClN2S2. The number of thiazole rings is 1. The van der Waals surface area contributed by atoms with Crippen LogP contribution in [0.2, 0.25) is 4.47 Å². The van der Waals surface area contributed by atoms with Crippen LogP contribution in [0.5, 0.6) is 0 Å². The second-order valence-corrected chi connectivity index (χ2v) is 8.21. The van der Waals surface area contributed by atoms with E-state index >= 15 is 0 Å². The molecule has 1 aliphatic rings. The summed E-state index contributed by atoms with van der Waals surface area (Å²) < 4.78 is 1.08. The molecule has 0 unspecified atom stereocenters. The molecule has 0 atom stereocenters. The fraction of sp³-hybridized carbons (Fsp3) is 0.727. The summed E-state index contributed by atoms with van der Waals surface area (Å²) in [4.78, 5) is 7.86. The summed E-state index contributed by atoms with van der Waals surface area (Å²) in [6, 6.07) is 0. The van der Waals surface area contributed by atoms with Crippen molar-refractivity contribution in [2.45, 2.75) is 31.6 Å². The summed E-state index contributed by atoms with van der Waals surface area (Å²) in [7, 11) is 0. The maximum atomic E-state index is 5.84. The molecule has 0 amide bonds. The minimum absolute atomic E-state index is 0.431. The Hall–Kier alpha value is 0.230. The van der Waals surface area contributed by atoms with Gasteiger partial charge in [-0.1, -0.05) is 25.4 Å². The quantitative estimate of drug-likeness (QED) is 0.822. The molecule has 2 rings (SSSR count). The Morgan fingerprint density at radius 1 is 1.50 bits per heavy atom. The molecular weight excluding hydrogens is 260 g/mol. The molecule has 1 aromatic heterocycles. The van der Waals surface area contributed by atoms with Crippen LogP contribution in [0.1, 0.15) is 25.1 Å². The normalized spacial score (nSPS) is 21.9. The standard InChI is InChI=1S/C11H17ClN2S2/c1-11(2)3-4-14(5-6-15-11)8-9-7-13-10(12)16-9/h7H,3-6,8H2,1-2H3. The summed E-state index contributed by atoms with van der Waals surface area (Å²) in [6.07, 6.45) is 3.15. The van der Waals surface area contributed by atoms with Crippen molar-refractivity contribution in [1.29, 1.82) is 0 Å². The highest BCUT2D eigenvalue weighted by molar-refractivity contribution is 8.00. The maximum Gasteiger partial charge on any atom is 0.183 e. The SMILES string of the molecule is CC1(C)CCN(Cc2cnc(Cl)s2)CCS1. The number of halogens is 1. The lowest BCUT2D eigenvalue weighted by molar-refractivity contribution is 0.278. The molecule has 1 aromatic rings.